The summed E-state index contributed by atoms with van der Waals surface area (Å²) in [7, 11) is 0. The average molecular weight is 565 g/mol. The van der Waals surface area contributed by atoms with Crippen molar-refractivity contribution in [3.63, 3.8) is 0 Å². The summed E-state index contributed by atoms with van der Waals surface area (Å²) in [5.74, 6) is 1.68. The molecule has 204 valence electrons. The number of anilines is 2. The SMILES string of the molecule is CC(=O)N1CCN(C(=O)c2cccc(CSc3nc(C)cc(N4CCN(c5ccccc5Cl)CC4)n3)c2)CC1. The van der Waals surface area contributed by atoms with Crippen LogP contribution in [-0.4, -0.2) is 83.9 Å². The van der Waals surface area contributed by atoms with Gasteiger partial charge in [-0.05, 0) is 36.8 Å². The number of rotatable bonds is 6. The second-order valence-electron chi connectivity index (χ2n) is 9.86. The fraction of sp³-hybridized carbons (Fsp3) is 0.379. The lowest BCUT2D eigenvalue weighted by Gasteiger charge is -2.37. The van der Waals surface area contributed by atoms with Crippen molar-refractivity contribution in [1.82, 2.24) is 19.8 Å². The molecule has 5 rings (SSSR count). The zero-order chi connectivity index (χ0) is 27.4. The molecule has 2 saturated heterocycles. The third-order valence-electron chi connectivity index (χ3n) is 7.17. The zero-order valence-electron chi connectivity index (χ0n) is 22.3. The first-order valence-electron chi connectivity index (χ1n) is 13.2. The van der Waals surface area contributed by atoms with Gasteiger partial charge in [0, 0.05) is 82.4 Å². The normalized spacial score (nSPS) is 16.0. The van der Waals surface area contributed by atoms with E-state index in [0.717, 1.165) is 59.1 Å². The molecule has 2 aliphatic rings. The zero-order valence-corrected chi connectivity index (χ0v) is 23.9. The minimum atomic E-state index is 0.00933. The number of carbonyl (C=O) groups is 2. The molecule has 1 aromatic heterocycles. The third-order valence-corrected chi connectivity index (χ3v) is 8.41. The van der Waals surface area contributed by atoms with Gasteiger partial charge in [0.1, 0.15) is 5.82 Å². The predicted octanol–water partition coefficient (Wildman–Crippen LogP) is 4.36. The highest BCUT2D eigenvalue weighted by atomic mass is 35.5. The number of piperazine rings is 2. The Balaban J connectivity index is 1.19. The van der Waals surface area contributed by atoms with Crippen molar-refractivity contribution >= 4 is 46.7 Å². The molecule has 0 aliphatic carbocycles. The van der Waals surface area contributed by atoms with E-state index >= 15 is 0 Å². The van der Waals surface area contributed by atoms with Crippen LogP contribution in [0.1, 0.15) is 28.5 Å². The van der Waals surface area contributed by atoms with Crippen molar-refractivity contribution in [2.24, 2.45) is 0 Å². The quantitative estimate of drug-likeness (QED) is 0.325. The second kappa shape index (κ2) is 12.3. The summed E-state index contributed by atoms with van der Waals surface area (Å²) in [6.07, 6.45) is 0. The molecule has 2 fully saturated rings. The standard InChI is InChI=1S/C29H33ClN6O2S/c1-21-18-27(35-14-12-34(13-15-35)26-9-4-3-8-25(26)30)32-29(31-21)39-20-23-6-5-7-24(19-23)28(38)36-16-10-33(11-17-36)22(2)37/h3-9,18-19H,10-17,20H2,1-2H3. The van der Waals surface area contributed by atoms with Crippen LogP contribution in [0.2, 0.25) is 5.02 Å². The van der Waals surface area contributed by atoms with Crippen LogP contribution in [0.25, 0.3) is 0 Å². The number of para-hydroxylation sites is 1. The maximum atomic E-state index is 13.1. The summed E-state index contributed by atoms with van der Waals surface area (Å²) in [5.41, 5.74) is 3.73. The Kier molecular flexibility index (Phi) is 8.57. The van der Waals surface area contributed by atoms with Gasteiger partial charge in [0.25, 0.3) is 5.91 Å². The number of nitrogens with zero attached hydrogens (tertiary/aromatic N) is 6. The third kappa shape index (κ3) is 6.65. The largest absolute Gasteiger partial charge is 0.367 e. The van der Waals surface area contributed by atoms with Crippen molar-refractivity contribution in [3.8, 4) is 0 Å². The van der Waals surface area contributed by atoms with Crippen molar-refractivity contribution in [3.05, 3.63) is 76.4 Å². The molecule has 0 saturated carbocycles. The summed E-state index contributed by atoms with van der Waals surface area (Å²) < 4.78 is 0. The van der Waals surface area contributed by atoms with Crippen LogP contribution in [0.4, 0.5) is 11.5 Å². The molecule has 0 spiro atoms. The first kappa shape index (κ1) is 27.3. The van der Waals surface area contributed by atoms with E-state index in [0.29, 0.717) is 37.5 Å². The molecule has 0 N–H and O–H groups in total. The molecule has 39 heavy (non-hydrogen) atoms. The Morgan fingerprint density at radius 3 is 2.26 bits per heavy atom. The number of thioether (sulfide) groups is 1. The lowest BCUT2D eigenvalue weighted by molar-refractivity contribution is -0.130. The van der Waals surface area contributed by atoms with Crippen molar-refractivity contribution in [1.29, 1.82) is 0 Å². The van der Waals surface area contributed by atoms with E-state index in [1.54, 1.807) is 23.6 Å². The molecule has 0 atom stereocenters. The van der Waals surface area contributed by atoms with Crippen molar-refractivity contribution in [2.45, 2.75) is 24.8 Å². The van der Waals surface area contributed by atoms with Crippen LogP contribution in [0.15, 0.2) is 59.8 Å². The Hall–Kier alpha value is -3.30. The van der Waals surface area contributed by atoms with E-state index in [2.05, 4.69) is 20.9 Å². The van der Waals surface area contributed by atoms with Crippen LogP contribution in [0, 0.1) is 6.92 Å². The lowest BCUT2D eigenvalue weighted by Crippen LogP contribution is -2.50. The van der Waals surface area contributed by atoms with E-state index in [1.165, 1.54) is 0 Å². The van der Waals surface area contributed by atoms with Gasteiger partial charge in [-0.15, -0.1) is 0 Å². The molecule has 2 amide bonds. The van der Waals surface area contributed by atoms with Crippen LogP contribution in [0.5, 0.6) is 0 Å². The molecule has 0 radical (unpaired) electrons. The van der Waals surface area contributed by atoms with Gasteiger partial charge >= 0.3 is 0 Å². The number of benzene rings is 2. The number of aryl methyl sites for hydroxylation is 1. The van der Waals surface area contributed by atoms with Crippen LogP contribution in [0.3, 0.4) is 0 Å². The summed E-state index contributed by atoms with van der Waals surface area (Å²) in [5, 5.41) is 1.51. The number of hydrogen-bond donors (Lipinski definition) is 0. The topological polar surface area (TPSA) is 72.9 Å². The highest BCUT2D eigenvalue weighted by molar-refractivity contribution is 7.98. The molecule has 10 heteroatoms. The van der Waals surface area contributed by atoms with Gasteiger partial charge in [0.2, 0.25) is 5.91 Å². The van der Waals surface area contributed by atoms with Gasteiger partial charge in [-0.25, -0.2) is 9.97 Å². The van der Waals surface area contributed by atoms with Crippen molar-refractivity contribution in [2.75, 3.05) is 62.2 Å². The Bertz CT molecular complexity index is 1340. The molecule has 8 nitrogen and oxygen atoms in total. The summed E-state index contributed by atoms with van der Waals surface area (Å²) in [4.78, 5) is 42.4. The maximum Gasteiger partial charge on any atom is 0.253 e. The van der Waals surface area contributed by atoms with Gasteiger partial charge in [0.05, 0.1) is 10.7 Å². The summed E-state index contributed by atoms with van der Waals surface area (Å²) >= 11 is 7.99. The molecule has 0 unspecified atom stereocenters. The van der Waals surface area contributed by atoms with Crippen LogP contribution in [-0.2, 0) is 10.5 Å². The highest BCUT2D eigenvalue weighted by Gasteiger charge is 2.24. The number of carbonyl (C=O) groups excluding carboxylic acids is 2. The van der Waals surface area contributed by atoms with Gasteiger partial charge in [0.15, 0.2) is 5.16 Å². The van der Waals surface area contributed by atoms with Crippen LogP contribution < -0.4 is 9.80 Å². The molecule has 0 bridgehead atoms. The first-order chi connectivity index (χ1) is 18.9. The molecule has 2 aromatic carbocycles. The van der Waals surface area contributed by atoms with E-state index in [1.807, 2.05) is 60.4 Å². The number of hydrogen-bond acceptors (Lipinski definition) is 7. The van der Waals surface area contributed by atoms with Gasteiger partial charge in [-0.3, -0.25) is 9.59 Å². The molecular weight excluding hydrogens is 532 g/mol. The monoisotopic (exact) mass is 564 g/mol. The molecule has 2 aliphatic heterocycles. The fourth-order valence-electron chi connectivity index (χ4n) is 4.99. The smallest absolute Gasteiger partial charge is 0.253 e. The number of amides is 2. The lowest BCUT2D eigenvalue weighted by atomic mass is 10.1. The van der Waals surface area contributed by atoms with Crippen LogP contribution >= 0.6 is 23.4 Å². The van der Waals surface area contributed by atoms with Gasteiger partial charge < -0.3 is 19.6 Å². The highest BCUT2D eigenvalue weighted by Crippen LogP contribution is 2.28. The summed E-state index contributed by atoms with van der Waals surface area (Å²) in [6.45, 7) is 9.32. The van der Waals surface area contributed by atoms with Crippen molar-refractivity contribution < 1.29 is 9.59 Å². The Morgan fingerprint density at radius 2 is 1.54 bits per heavy atom. The van der Waals surface area contributed by atoms with E-state index in [-0.39, 0.29) is 11.8 Å². The predicted molar refractivity (Wildman–Crippen MR) is 157 cm³/mol. The minimum absolute atomic E-state index is 0.00933. The Morgan fingerprint density at radius 1 is 0.846 bits per heavy atom. The van der Waals surface area contributed by atoms with E-state index < -0.39 is 0 Å². The minimum Gasteiger partial charge on any atom is -0.367 e. The fourth-order valence-corrected chi connectivity index (χ4v) is 6.08. The number of halogens is 1. The maximum absolute atomic E-state index is 13.1. The van der Waals surface area contributed by atoms with Gasteiger partial charge in [-0.1, -0.05) is 47.6 Å². The Labute approximate surface area is 239 Å². The molecule has 3 heterocycles. The average Bonchev–Trinajstić information content (AvgIpc) is 2.96. The molecular formula is C29H33ClN6O2S. The van der Waals surface area contributed by atoms with E-state index in [4.69, 9.17) is 16.6 Å². The first-order valence-corrected chi connectivity index (χ1v) is 14.6. The van der Waals surface area contributed by atoms with Gasteiger partial charge in [-0.2, -0.15) is 0 Å². The van der Waals surface area contributed by atoms with E-state index in [9.17, 15) is 9.59 Å². The molecule has 3 aromatic rings. The summed E-state index contributed by atoms with van der Waals surface area (Å²) in [6, 6.07) is 17.8. The number of aromatic nitrogens is 2. The second-order valence-corrected chi connectivity index (χ2v) is 11.2.